The largest absolute Gasteiger partial charge is 0.369 e. The molecule has 1 atom stereocenters. The van der Waals surface area contributed by atoms with Crippen molar-refractivity contribution in [1.82, 2.24) is 19.7 Å². The van der Waals surface area contributed by atoms with E-state index in [2.05, 4.69) is 10.1 Å². The van der Waals surface area contributed by atoms with E-state index in [0.29, 0.717) is 31.4 Å². The van der Waals surface area contributed by atoms with Gasteiger partial charge in [0.2, 0.25) is 11.8 Å². The van der Waals surface area contributed by atoms with Crippen LogP contribution in [0, 0.1) is 0 Å². The molecule has 0 spiro atoms. The maximum Gasteiger partial charge on any atom is 0.225 e. The molecule has 142 valence electrons. The van der Waals surface area contributed by atoms with Crippen LogP contribution in [0.5, 0.6) is 0 Å². The van der Waals surface area contributed by atoms with Crippen LogP contribution in [0.4, 0.5) is 0 Å². The molecule has 2 aromatic rings. The maximum atomic E-state index is 12.6. The minimum Gasteiger partial charge on any atom is -0.369 e. The highest BCUT2D eigenvalue weighted by molar-refractivity contribution is 5.80. The van der Waals surface area contributed by atoms with E-state index < -0.39 is 5.91 Å². The summed E-state index contributed by atoms with van der Waals surface area (Å²) >= 11 is 0. The Morgan fingerprint density at radius 3 is 2.63 bits per heavy atom. The summed E-state index contributed by atoms with van der Waals surface area (Å²) in [6.07, 6.45) is 5.07. The molecule has 2 heterocycles. The number of primary amides is 1. The third kappa shape index (κ3) is 3.86. The van der Waals surface area contributed by atoms with Gasteiger partial charge in [0.25, 0.3) is 0 Å². The molecule has 1 aromatic heterocycles. The van der Waals surface area contributed by atoms with Gasteiger partial charge in [-0.25, -0.2) is 9.67 Å². The first kappa shape index (κ1) is 17.7. The SMILES string of the molecule is NC(=O)Cc1nc([C@H]2CC(=O)N(C3CCCC3)C2)n(Cc2ccccc2)n1. The summed E-state index contributed by atoms with van der Waals surface area (Å²) in [6, 6.07) is 10.4. The third-order valence-corrected chi connectivity index (χ3v) is 5.54. The Hall–Kier alpha value is -2.70. The van der Waals surface area contributed by atoms with Crippen molar-refractivity contribution in [3.8, 4) is 0 Å². The molecule has 1 aromatic carbocycles. The van der Waals surface area contributed by atoms with E-state index in [4.69, 9.17) is 5.73 Å². The average Bonchev–Trinajstić information content (AvgIpc) is 3.35. The molecule has 7 heteroatoms. The summed E-state index contributed by atoms with van der Waals surface area (Å²) < 4.78 is 1.84. The van der Waals surface area contributed by atoms with E-state index in [1.54, 1.807) is 0 Å². The van der Waals surface area contributed by atoms with E-state index in [1.165, 1.54) is 12.8 Å². The molecule has 1 aliphatic carbocycles. The van der Waals surface area contributed by atoms with E-state index >= 15 is 0 Å². The van der Waals surface area contributed by atoms with Crippen LogP contribution in [0.25, 0.3) is 0 Å². The lowest BCUT2D eigenvalue weighted by molar-refractivity contribution is -0.129. The van der Waals surface area contributed by atoms with Crippen molar-refractivity contribution in [2.24, 2.45) is 5.73 Å². The van der Waals surface area contributed by atoms with Gasteiger partial charge < -0.3 is 10.6 Å². The van der Waals surface area contributed by atoms with E-state index in [1.807, 2.05) is 39.9 Å². The molecule has 1 aliphatic heterocycles. The molecule has 0 bridgehead atoms. The van der Waals surface area contributed by atoms with Gasteiger partial charge in [-0.05, 0) is 18.4 Å². The fraction of sp³-hybridized carbons (Fsp3) is 0.500. The lowest BCUT2D eigenvalue weighted by Gasteiger charge is -2.24. The van der Waals surface area contributed by atoms with Gasteiger partial charge in [-0.15, -0.1) is 0 Å². The van der Waals surface area contributed by atoms with E-state index in [9.17, 15) is 9.59 Å². The van der Waals surface area contributed by atoms with Gasteiger partial charge in [0.1, 0.15) is 5.82 Å². The van der Waals surface area contributed by atoms with Crippen LogP contribution >= 0.6 is 0 Å². The Labute approximate surface area is 158 Å². The van der Waals surface area contributed by atoms with Crippen LogP contribution in [0.3, 0.4) is 0 Å². The van der Waals surface area contributed by atoms with Gasteiger partial charge in [0.05, 0.1) is 13.0 Å². The van der Waals surface area contributed by atoms with Crippen molar-refractivity contribution in [2.75, 3.05) is 6.54 Å². The minimum absolute atomic E-state index is 0.0101. The molecule has 4 rings (SSSR count). The zero-order chi connectivity index (χ0) is 18.8. The van der Waals surface area contributed by atoms with E-state index in [0.717, 1.165) is 24.2 Å². The normalized spacial score (nSPS) is 20.5. The maximum absolute atomic E-state index is 12.6. The van der Waals surface area contributed by atoms with E-state index in [-0.39, 0.29) is 18.2 Å². The zero-order valence-electron chi connectivity index (χ0n) is 15.4. The molecule has 2 fully saturated rings. The highest BCUT2D eigenvalue weighted by atomic mass is 16.2. The predicted molar refractivity (Wildman–Crippen MR) is 99.8 cm³/mol. The molecule has 1 saturated carbocycles. The van der Waals surface area contributed by atoms with Crippen LogP contribution in [-0.4, -0.2) is 44.1 Å². The number of hydrogen-bond donors (Lipinski definition) is 1. The number of amides is 2. The lowest BCUT2D eigenvalue weighted by Crippen LogP contribution is -2.34. The van der Waals surface area contributed by atoms with Crippen molar-refractivity contribution in [3.63, 3.8) is 0 Å². The van der Waals surface area contributed by atoms with Crippen LogP contribution in [0.2, 0.25) is 0 Å². The molecule has 1 saturated heterocycles. The van der Waals surface area contributed by atoms with Crippen LogP contribution in [-0.2, 0) is 22.6 Å². The second-order valence-electron chi connectivity index (χ2n) is 7.56. The summed E-state index contributed by atoms with van der Waals surface area (Å²) in [6.45, 7) is 1.25. The first-order valence-electron chi connectivity index (χ1n) is 9.65. The predicted octanol–water partition coefficient (Wildman–Crippen LogP) is 1.61. The van der Waals surface area contributed by atoms with Gasteiger partial charge >= 0.3 is 0 Å². The van der Waals surface area contributed by atoms with Crippen LogP contribution in [0.1, 0.15) is 55.2 Å². The monoisotopic (exact) mass is 367 g/mol. The lowest BCUT2D eigenvalue weighted by atomic mass is 10.1. The number of nitrogens with zero attached hydrogens (tertiary/aromatic N) is 4. The number of carbonyl (C=O) groups is 2. The minimum atomic E-state index is -0.450. The van der Waals surface area contributed by atoms with Crippen molar-refractivity contribution in [3.05, 3.63) is 47.5 Å². The Morgan fingerprint density at radius 2 is 1.93 bits per heavy atom. The van der Waals surface area contributed by atoms with Gasteiger partial charge in [-0.3, -0.25) is 9.59 Å². The van der Waals surface area contributed by atoms with Crippen molar-refractivity contribution in [2.45, 2.75) is 57.0 Å². The second-order valence-corrected chi connectivity index (χ2v) is 7.56. The van der Waals surface area contributed by atoms with Gasteiger partial charge in [0.15, 0.2) is 5.82 Å². The fourth-order valence-corrected chi connectivity index (χ4v) is 4.28. The van der Waals surface area contributed by atoms with Crippen LogP contribution in [0.15, 0.2) is 30.3 Å². The standard InChI is InChI=1S/C20H25N5O2/c21-17(26)11-18-22-20(25(23-18)12-14-6-2-1-3-7-14)15-10-19(27)24(13-15)16-8-4-5-9-16/h1-3,6-7,15-16H,4-5,8-13H2,(H2,21,26)/t15-/m0/s1. The third-order valence-electron chi connectivity index (χ3n) is 5.54. The number of nitrogens with two attached hydrogens (primary N) is 1. The first-order chi connectivity index (χ1) is 13.1. The number of benzene rings is 1. The van der Waals surface area contributed by atoms with Gasteiger partial charge in [-0.1, -0.05) is 43.2 Å². The molecule has 0 radical (unpaired) electrons. The van der Waals surface area contributed by atoms with Crippen molar-refractivity contribution in [1.29, 1.82) is 0 Å². The smallest absolute Gasteiger partial charge is 0.225 e. The molecule has 2 N–H and O–H groups in total. The summed E-state index contributed by atoms with van der Waals surface area (Å²) in [5.74, 6) is 0.978. The summed E-state index contributed by atoms with van der Waals surface area (Å²) in [5.41, 5.74) is 6.43. The topological polar surface area (TPSA) is 94.1 Å². The molecular formula is C20H25N5O2. The summed E-state index contributed by atoms with van der Waals surface area (Å²) in [4.78, 5) is 30.5. The number of carbonyl (C=O) groups excluding carboxylic acids is 2. The average molecular weight is 367 g/mol. The molecule has 7 nitrogen and oxygen atoms in total. The number of likely N-dealkylation sites (tertiary alicyclic amines) is 1. The molecule has 0 unspecified atom stereocenters. The Morgan fingerprint density at radius 1 is 1.19 bits per heavy atom. The highest BCUT2D eigenvalue weighted by Crippen LogP contribution is 2.33. The van der Waals surface area contributed by atoms with Gasteiger partial charge in [0, 0.05) is 24.9 Å². The van der Waals surface area contributed by atoms with Crippen molar-refractivity contribution < 1.29 is 9.59 Å². The number of hydrogen-bond acceptors (Lipinski definition) is 4. The Kier molecular flexibility index (Phi) is 4.92. The summed E-state index contributed by atoms with van der Waals surface area (Å²) in [7, 11) is 0. The fourth-order valence-electron chi connectivity index (χ4n) is 4.28. The van der Waals surface area contributed by atoms with Crippen molar-refractivity contribution >= 4 is 11.8 Å². The first-order valence-corrected chi connectivity index (χ1v) is 9.65. The molecule has 27 heavy (non-hydrogen) atoms. The molecular weight excluding hydrogens is 342 g/mol. The highest BCUT2D eigenvalue weighted by Gasteiger charge is 2.38. The van der Waals surface area contributed by atoms with Gasteiger partial charge in [-0.2, -0.15) is 5.10 Å². The Balaban J connectivity index is 1.59. The number of rotatable bonds is 6. The van der Waals surface area contributed by atoms with Crippen LogP contribution < -0.4 is 5.73 Å². The quantitative estimate of drug-likeness (QED) is 0.839. The number of aromatic nitrogens is 3. The molecule has 2 amide bonds. The zero-order valence-corrected chi connectivity index (χ0v) is 15.4. The Bertz CT molecular complexity index is 826. The molecule has 2 aliphatic rings. The summed E-state index contributed by atoms with van der Waals surface area (Å²) in [5, 5.41) is 4.51. The second kappa shape index (κ2) is 7.50.